The van der Waals surface area contributed by atoms with Crippen molar-refractivity contribution in [3.05, 3.63) is 53.1 Å². The van der Waals surface area contributed by atoms with Gasteiger partial charge in [-0.3, -0.25) is 4.79 Å². The van der Waals surface area contributed by atoms with Gasteiger partial charge in [-0.15, -0.1) is 0 Å². The molecule has 0 spiro atoms. The van der Waals surface area contributed by atoms with E-state index in [-0.39, 0.29) is 18.6 Å². The van der Waals surface area contributed by atoms with Crippen molar-refractivity contribution >= 4 is 5.91 Å². The van der Waals surface area contributed by atoms with Crippen molar-refractivity contribution in [1.82, 2.24) is 5.32 Å². The third kappa shape index (κ3) is 4.91. The lowest BCUT2D eigenvalue weighted by Gasteiger charge is -2.19. The van der Waals surface area contributed by atoms with Crippen LogP contribution in [0.4, 0.5) is 0 Å². The lowest BCUT2D eigenvalue weighted by atomic mass is 10.0. The minimum atomic E-state index is -0.160. The Morgan fingerprint density at radius 3 is 2.38 bits per heavy atom. The van der Waals surface area contributed by atoms with Gasteiger partial charge >= 0.3 is 0 Å². The second kappa shape index (κ2) is 9.13. The second-order valence-corrected chi connectivity index (χ2v) is 6.20. The van der Waals surface area contributed by atoms with Gasteiger partial charge in [0.25, 0.3) is 5.91 Å². The number of aryl methyl sites for hydroxylation is 2. The van der Waals surface area contributed by atoms with Gasteiger partial charge in [0.05, 0.1) is 20.3 Å². The Bertz CT molecular complexity index is 758. The summed E-state index contributed by atoms with van der Waals surface area (Å²) >= 11 is 0. The number of nitrogens with one attached hydrogen (secondary N) is 1. The van der Waals surface area contributed by atoms with Gasteiger partial charge in [0, 0.05) is 0 Å². The van der Waals surface area contributed by atoms with Gasteiger partial charge in [0.15, 0.2) is 18.1 Å². The molecule has 0 heterocycles. The van der Waals surface area contributed by atoms with Crippen molar-refractivity contribution in [3.8, 4) is 17.2 Å². The van der Waals surface area contributed by atoms with Crippen molar-refractivity contribution in [3.63, 3.8) is 0 Å². The molecule has 0 radical (unpaired) electrons. The Kier molecular flexibility index (Phi) is 6.89. The number of carbonyl (C=O) groups is 1. The summed E-state index contributed by atoms with van der Waals surface area (Å²) in [6, 6.07) is 11.5. The fourth-order valence-electron chi connectivity index (χ4n) is 2.73. The molecule has 0 bridgehead atoms. The zero-order valence-corrected chi connectivity index (χ0v) is 16.1. The summed E-state index contributed by atoms with van der Waals surface area (Å²) in [5.41, 5.74) is 3.07. The molecule has 0 aliphatic rings. The topological polar surface area (TPSA) is 56.8 Å². The maximum Gasteiger partial charge on any atom is 0.258 e. The van der Waals surface area contributed by atoms with E-state index in [0.717, 1.165) is 28.9 Å². The van der Waals surface area contributed by atoms with Crippen LogP contribution < -0.4 is 19.5 Å². The average Bonchev–Trinajstić information content (AvgIpc) is 2.66. The Morgan fingerprint density at radius 2 is 1.73 bits per heavy atom. The Hall–Kier alpha value is -2.69. The molecule has 2 rings (SSSR count). The number of benzene rings is 2. The molecule has 0 saturated carbocycles. The summed E-state index contributed by atoms with van der Waals surface area (Å²) in [4.78, 5) is 12.3. The predicted octanol–water partition coefficient (Wildman–Crippen LogP) is 3.97. The van der Waals surface area contributed by atoms with Crippen molar-refractivity contribution in [1.29, 1.82) is 0 Å². The van der Waals surface area contributed by atoms with Crippen LogP contribution in [0.3, 0.4) is 0 Å². The summed E-state index contributed by atoms with van der Waals surface area (Å²) in [5.74, 6) is 1.88. The van der Waals surface area contributed by atoms with Crippen LogP contribution in [0.15, 0.2) is 36.4 Å². The number of hydrogen-bond acceptors (Lipinski definition) is 4. The first-order valence-electron chi connectivity index (χ1n) is 8.69. The van der Waals surface area contributed by atoms with E-state index in [1.807, 2.05) is 57.2 Å². The maximum absolute atomic E-state index is 12.3. The highest BCUT2D eigenvalue weighted by atomic mass is 16.5. The maximum atomic E-state index is 12.3. The van der Waals surface area contributed by atoms with Gasteiger partial charge < -0.3 is 19.5 Å². The van der Waals surface area contributed by atoms with Crippen molar-refractivity contribution in [2.75, 3.05) is 20.8 Å². The third-order valence-electron chi connectivity index (χ3n) is 4.26. The predicted molar refractivity (Wildman–Crippen MR) is 102 cm³/mol. The summed E-state index contributed by atoms with van der Waals surface area (Å²) in [7, 11) is 3.19. The van der Waals surface area contributed by atoms with Gasteiger partial charge in [-0.05, 0) is 55.2 Å². The summed E-state index contributed by atoms with van der Waals surface area (Å²) in [6.45, 7) is 5.96. The molecular weight excluding hydrogens is 330 g/mol. The van der Waals surface area contributed by atoms with Crippen molar-refractivity contribution in [2.45, 2.75) is 33.2 Å². The van der Waals surface area contributed by atoms with Crippen LogP contribution in [0.5, 0.6) is 17.2 Å². The number of methoxy groups -OCH3 is 2. The first-order valence-corrected chi connectivity index (χ1v) is 8.69. The molecule has 0 aliphatic heterocycles. The SMILES string of the molecule is CC[C@@H](NC(=O)COc1cc(C)ccc1C)c1ccc(OC)c(OC)c1. The molecule has 2 aromatic carbocycles. The minimum absolute atomic E-state index is 0.0198. The molecule has 5 heteroatoms. The van der Waals surface area contributed by atoms with Crippen molar-refractivity contribution in [2.24, 2.45) is 0 Å². The summed E-state index contributed by atoms with van der Waals surface area (Å²) in [5, 5.41) is 3.02. The first-order chi connectivity index (χ1) is 12.5. The van der Waals surface area contributed by atoms with E-state index in [2.05, 4.69) is 5.32 Å². The Balaban J connectivity index is 2.03. The Morgan fingerprint density at radius 1 is 1.00 bits per heavy atom. The highest BCUT2D eigenvalue weighted by molar-refractivity contribution is 5.78. The van der Waals surface area contributed by atoms with Gasteiger partial charge in [-0.2, -0.15) is 0 Å². The van der Waals surface area contributed by atoms with E-state index in [0.29, 0.717) is 11.5 Å². The molecule has 0 unspecified atom stereocenters. The van der Waals surface area contributed by atoms with E-state index in [4.69, 9.17) is 14.2 Å². The van der Waals surface area contributed by atoms with E-state index in [9.17, 15) is 4.79 Å². The van der Waals surface area contributed by atoms with E-state index in [1.165, 1.54) is 0 Å². The number of carbonyl (C=O) groups excluding carboxylic acids is 1. The quantitative estimate of drug-likeness (QED) is 0.777. The molecule has 2 aromatic rings. The monoisotopic (exact) mass is 357 g/mol. The number of rotatable bonds is 8. The van der Waals surface area contributed by atoms with Crippen LogP contribution in [0.2, 0.25) is 0 Å². The highest BCUT2D eigenvalue weighted by Gasteiger charge is 2.16. The standard InChI is InChI=1S/C21H27NO4/c1-6-17(16-9-10-18(24-4)20(12-16)25-5)22-21(23)13-26-19-11-14(2)7-8-15(19)3/h7-12,17H,6,13H2,1-5H3,(H,22,23)/t17-/m1/s1. The molecule has 0 saturated heterocycles. The smallest absolute Gasteiger partial charge is 0.258 e. The highest BCUT2D eigenvalue weighted by Crippen LogP contribution is 2.30. The van der Waals surface area contributed by atoms with Gasteiger partial charge in [0.2, 0.25) is 0 Å². The van der Waals surface area contributed by atoms with E-state index in [1.54, 1.807) is 14.2 Å². The van der Waals surface area contributed by atoms with Crippen LogP contribution in [-0.2, 0) is 4.79 Å². The molecule has 26 heavy (non-hydrogen) atoms. The van der Waals surface area contributed by atoms with Gasteiger partial charge in [0.1, 0.15) is 5.75 Å². The molecule has 0 aliphatic carbocycles. The molecule has 0 fully saturated rings. The van der Waals surface area contributed by atoms with Gasteiger partial charge in [-0.1, -0.05) is 25.1 Å². The fourth-order valence-corrected chi connectivity index (χ4v) is 2.73. The normalized spacial score (nSPS) is 11.6. The third-order valence-corrected chi connectivity index (χ3v) is 4.26. The van der Waals surface area contributed by atoms with Gasteiger partial charge in [-0.25, -0.2) is 0 Å². The molecule has 140 valence electrons. The molecule has 1 N–H and O–H groups in total. The van der Waals surface area contributed by atoms with Crippen LogP contribution in [0, 0.1) is 13.8 Å². The Labute approximate surface area is 155 Å². The second-order valence-electron chi connectivity index (χ2n) is 6.20. The molecular formula is C21H27NO4. The van der Waals surface area contributed by atoms with E-state index >= 15 is 0 Å². The number of ether oxygens (including phenoxy) is 3. The van der Waals surface area contributed by atoms with Crippen LogP contribution >= 0.6 is 0 Å². The average molecular weight is 357 g/mol. The minimum Gasteiger partial charge on any atom is -0.493 e. The van der Waals surface area contributed by atoms with Crippen molar-refractivity contribution < 1.29 is 19.0 Å². The molecule has 0 aromatic heterocycles. The zero-order valence-electron chi connectivity index (χ0n) is 16.1. The molecule has 1 amide bonds. The fraction of sp³-hybridized carbons (Fsp3) is 0.381. The summed E-state index contributed by atoms with van der Waals surface area (Å²) in [6.07, 6.45) is 0.755. The lowest BCUT2D eigenvalue weighted by molar-refractivity contribution is -0.123. The van der Waals surface area contributed by atoms with Crippen LogP contribution in [0.25, 0.3) is 0 Å². The van der Waals surface area contributed by atoms with Crippen LogP contribution in [0.1, 0.15) is 36.1 Å². The van der Waals surface area contributed by atoms with E-state index < -0.39 is 0 Å². The number of amides is 1. The van der Waals surface area contributed by atoms with Crippen LogP contribution in [-0.4, -0.2) is 26.7 Å². The molecule has 5 nitrogen and oxygen atoms in total. The summed E-state index contributed by atoms with van der Waals surface area (Å²) < 4.78 is 16.3. The zero-order chi connectivity index (χ0) is 19.1. The first kappa shape index (κ1) is 19.6. The largest absolute Gasteiger partial charge is 0.493 e. The molecule has 1 atom stereocenters. The number of hydrogen-bond donors (Lipinski definition) is 1. The lowest BCUT2D eigenvalue weighted by Crippen LogP contribution is -2.32.